The van der Waals surface area contributed by atoms with Gasteiger partial charge in [-0.25, -0.2) is 8.78 Å². The lowest BCUT2D eigenvalue weighted by Gasteiger charge is -2.07. The van der Waals surface area contributed by atoms with Crippen LogP contribution < -0.4 is 0 Å². The third-order valence-electron chi connectivity index (χ3n) is 3.62. The first-order valence-corrected chi connectivity index (χ1v) is 10.9. The number of rotatable bonds is 4. The van der Waals surface area contributed by atoms with Gasteiger partial charge in [-0.15, -0.1) is 0 Å². The lowest BCUT2D eigenvalue weighted by atomic mass is 10.1. The van der Waals surface area contributed by atoms with Crippen LogP contribution in [0.5, 0.6) is 0 Å². The van der Waals surface area contributed by atoms with Crippen molar-refractivity contribution in [2.45, 2.75) is 26.7 Å². The fraction of sp³-hybridized carbons (Fsp3) is 0.278. The highest BCUT2D eigenvalue weighted by atomic mass is 79.9. The fourth-order valence-corrected chi connectivity index (χ4v) is 3.54. The summed E-state index contributed by atoms with van der Waals surface area (Å²) >= 11 is 6.32. The predicted molar refractivity (Wildman–Crippen MR) is 107 cm³/mol. The number of nitriles is 1. The van der Waals surface area contributed by atoms with Crippen molar-refractivity contribution in [2.24, 2.45) is 0 Å². The fourth-order valence-electron chi connectivity index (χ4n) is 2.13. The van der Waals surface area contributed by atoms with E-state index in [-0.39, 0.29) is 24.2 Å². The Morgan fingerprint density at radius 2 is 1.44 bits per heavy atom. The SMILES string of the molecule is Cc1ccc(Br)c(CC#N)c1F.Cc1ccc(Br)c(CCS(=O)(=O)O)c1F. The lowest BCUT2D eigenvalue weighted by molar-refractivity contribution is 0.482. The second-order valence-electron chi connectivity index (χ2n) is 5.68. The van der Waals surface area contributed by atoms with Crippen molar-refractivity contribution in [1.82, 2.24) is 0 Å². The molecule has 0 fully saturated rings. The molecule has 0 saturated heterocycles. The second kappa shape index (κ2) is 10.3. The molecule has 4 nitrogen and oxygen atoms in total. The van der Waals surface area contributed by atoms with Crippen molar-refractivity contribution in [2.75, 3.05) is 5.75 Å². The Morgan fingerprint density at radius 1 is 1.00 bits per heavy atom. The van der Waals surface area contributed by atoms with E-state index in [1.54, 1.807) is 38.1 Å². The smallest absolute Gasteiger partial charge is 0.265 e. The summed E-state index contributed by atoms with van der Waals surface area (Å²) in [6.45, 7) is 3.28. The van der Waals surface area contributed by atoms with Crippen molar-refractivity contribution >= 4 is 42.0 Å². The van der Waals surface area contributed by atoms with Gasteiger partial charge < -0.3 is 0 Å². The van der Waals surface area contributed by atoms with Crippen LogP contribution in [0.4, 0.5) is 8.78 Å². The monoisotopic (exact) mass is 523 g/mol. The van der Waals surface area contributed by atoms with Gasteiger partial charge in [0.25, 0.3) is 10.1 Å². The zero-order valence-electron chi connectivity index (χ0n) is 14.6. The summed E-state index contributed by atoms with van der Waals surface area (Å²) in [4.78, 5) is 0. The van der Waals surface area contributed by atoms with Crippen molar-refractivity contribution in [1.29, 1.82) is 5.26 Å². The zero-order chi connectivity index (χ0) is 20.8. The summed E-state index contributed by atoms with van der Waals surface area (Å²) in [6, 6.07) is 8.60. The Morgan fingerprint density at radius 3 is 1.89 bits per heavy atom. The van der Waals surface area contributed by atoms with Gasteiger partial charge in [0.05, 0.1) is 18.2 Å². The molecule has 0 atom stereocenters. The van der Waals surface area contributed by atoms with Gasteiger partial charge in [0.15, 0.2) is 0 Å². The first-order valence-electron chi connectivity index (χ1n) is 7.67. The highest BCUT2D eigenvalue weighted by molar-refractivity contribution is 9.10. The van der Waals surface area contributed by atoms with Gasteiger partial charge in [0.2, 0.25) is 0 Å². The number of aryl methyl sites for hydroxylation is 2. The normalized spacial score (nSPS) is 10.7. The van der Waals surface area contributed by atoms with Gasteiger partial charge >= 0.3 is 0 Å². The summed E-state index contributed by atoms with van der Waals surface area (Å²) < 4.78 is 57.6. The lowest BCUT2D eigenvalue weighted by Crippen LogP contribution is -2.08. The molecule has 0 aliphatic carbocycles. The molecule has 2 aromatic carbocycles. The van der Waals surface area contributed by atoms with E-state index in [0.717, 1.165) is 0 Å². The number of nitrogens with zero attached hydrogens (tertiary/aromatic N) is 1. The maximum Gasteiger partial charge on any atom is 0.265 e. The Balaban J connectivity index is 0.000000277. The summed E-state index contributed by atoms with van der Waals surface area (Å²) in [5, 5.41) is 8.42. The van der Waals surface area contributed by atoms with Crippen molar-refractivity contribution in [3.05, 3.63) is 67.1 Å². The molecule has 0 amide bonds. The first kappa shape index (κ1) is 23.7. The summed E-state index contributed by atoms with van der Waals surface area (Å²) in [5.74, 6) is -1.20. The van der Waals surface area contributed by atoms with Crippen LogP contribution in [-0.4, -0.2) is 18.7 Å². The number of halogens is 4. The molecule has 0 heterocycles. The number of hydrogen-bond donors (Lipinski definition) is 1. The van der Waals surface area contributed by atoms with Crippen molar-refractivity contribution in [3.8, 4) is 6.07 Å². The minimum atomic E-state index is -4.06. The molecule has 146 valence electrons. The van der Waals surface area contributed by atoms with Gasteiger partial charge in [-0.2, -0.15) is 13.7 Å². The minimum absolute atomic E-state index is 0.0487. The van der Waals surface area contributed by atoms with Crippen LogP contribution in [-0.2, 0) is 23.0 Å². The molecule has 0 saturated carbocycles. The van der Waals surface area contributed by atoms with E-state index in [2.05, 4.69) is 31.9 Å². The molecular weight excluding hydrogens is 508 g/mol. The van der Waals surface area contributed by atoms with E-state index in [1.807, 2.05) is 6.07 Å². The molecule has 2 aromatic rings. The van der Waals surface area contributed by atoms with E-state index >= 15 is 0 Å². The van der Waals surface area contributed by atoms with E-state index < -0.39 is 21.7 Å². The van der Waals surface area contributed by atoms with Crippen molar-refractivity contribution in [3.63, 3.8) is 0 Å². The van der Waals surface area contributed by atoms with E-state index in [1.165, 1.54) is 0 Å². The summed E-state index contributed by atoms with van der Waals surface area (Å²) in [7, 11) is -4.06. The molecule has 0 aliphatic rings. The molecule has 2 rings (SSSR count). The zero-order valence-corrected chi connectivity index (χ0v) is 18.6. The number of benzene rings is 2. The Kier molecular flexibility index (Phi) is 9.02. The average Bonchev–Trinajstić information content (AvgIpc) is 2.58. The van der Waals surface area contributed by atoms with Gasteiger partial charge in [0.1, 0.15) is 11.6 Å². The second-order valence-corrected chi connectivity index (χ2v) is 8.97. The first-order chi connectivity index (χ1) is 12.5. The molecule has 0 unspecified atom stereocenters. The van der Waals surface area contributed by atoms with Gasteiger partial charge in [0, 0.05) is 20.1 Å². The van der Waals surface area contributed by atoms with Crippen LogP contribution in [0.2, 0.25) is 0 Å². The van der Waals surface area contributed by atoms with Crippen LogP contribution in [0, 0.1) is 36.8 Å². The topological polar surface area (TPSA) is 78.2 Å². The average molecular weight is 525 g/mol. The Hall–Kier alpha value is -1.34. The molecule has 0 aromatic heterocycles. The van der Waals surface area contributed by atoms with E-state index in [0.29, 0.717) is 25.6 Å². The molecule has 1 N–H and O–H groups in total. The number of hydrogen-bond acceptors (Lipinski definition) is 3. The molecule has 0 bridgehead atoms. The molecule has 0 aliphatic heterocycles. The maximum absolute atomic E-state index is 13.5. The highest BCUT2D eigenvalue weighted by Crippen LogP contribution is 2.23. The van der Waals surface area contributed by atoms with Gasteiger partial charge in [-0.05, 0) is 43.5 Å². The molecular formula is C18H17Br2F2NO3S. The Labute approximate surface area is 174 Å². The molecule has 27 heavy (non-hydrogen) atoms. The highest BCUT2D eigenvalue weighted by Gasteiger charge is 2.13. The van der Waals surface area contributed by atoms with Gasteiger partial charge in [-0.1, -0.05) is 44.0 Å². The third-order valence-corrected chi connectivity index (χ3v) is 5.83. The van der Waals surface area contributed by atoms with Crippen LogP contribution in [0.25, 0.3) is 0 Å². The summed E-state index contributed by atoms with van der Waals surface area (Å²) in [5.41, 5.74) is 1.73. The molecule has 0 spiro atoms. The standard InChI is InChI=1S/C9H7BrFN.C9H10BrFO3S/c1-6-2-3-8(10)7(4-5-12)9(6)11;1-6-2-3-8(10)7(9(6)11)4-5-15(12,13)14/h2-3H,4H2,1H3;2-3H,4-5H2,1H3,(H,12,13,14). The third kappa shape index (κ3) is 7.30. The predicted octanol–water partition coefficient (Wildman–Crippen LogP) is 5.29. The van der Waals surface area contributed by atoms with Crippen LogP contribution in [0.1, 0.15) is 22.3 Å². The molecule has 0 radical (unpaired) electrons. The molecule has 9 heteroatoms. The van der Waals surface area contributed by atoms with Crippen molar-refractivity contribution < 1.29 is 21.8 Å². The summed E-state index contributed by atoms with van der Waals surface area (Å²) in [6.07, 6.45) is 0.0566. The van der Waals surface area contributed by atoms with Crippen LogP contribution in [0.15, 0.2) is 33.2 Å². The van der Waals surface area contributed by atoms with E-state index in [4.69, 9.17) is 9.81 Å². The largest absolute Gasteiger partial charge is 0.286 e. The quantitative estimate of drug-likeness (QED) is 0.551. The van der Waals surface area contributed by atoms with Crippen LogP contribution >= 0.6 is 31.9 Å². The Bertz CT molecular complexity index is 974. The van der Waals surface area contributed by atoms with Gasteiger partial charge in [-0.3, -0.25) is 4.55 Å². The maximum atomic E-state index is 13.5. The minimum Gasteiger partial charge on any atom is -0.286 e. The van der Waals surface area contributed by atoms with E-state index in [9.17, 15) is 17.2 Å². The van der Waals surface area contributed by atoms with Crippen LogP contribution in [0.3, 0.4) is 0 Å².